The first-order valence-electron chi connectivity index (χ1n) is 24.2. The molecule has 1 aliphatic carbocycles. The quantitative estimate of drug-likeness (QED) is 0.159. The summed E-state index contributed by atoms with van der Waals surface area (Å²) in [6.45, 7) is 4.70. The molecule has 0 atom stereocenters. The first kappa shape index (κ1) is 40.2. The lowest BCUT2D eigenvalue weighted by atomic mass is 9.82. The van der Waals surface area contributed by atoms with Crippen molar-refractivity contribution in [2.75, 3.05) is 4.90 Å². The Hall–Kier alpha value is -8.92. The number of rotatable bonds is 7. The van der Waals surface area contributed by atoms with Crippen LogP contribution in [0.1, 0.15) is 25.0 Å². The topological polar surface area (TPSA) is 21.3 Å². The number of benzene rings is 11. The summed E-state index contributed by atoms with van der Waals surface area (Å²) in [5, 5.41) is 7.11. The van der Waals surface area contributed by atoms with E-state index in [1.54, 1.807) is 0 Å². The monoisotopic (exact) mass is 894 g/mol. The van der Waals surface area contributed by atoms with Crippen molar-refractivity contribution in [2.45, 2.75) is 19.3 Å². The van der Waals surface area contributed by atoms with Crippen LogP contribution in [0.5, 0.6) is 0 Å². The molecule has 0 N–H and O–H groups in total. The van der Waals surface area contributed by atoms with Crippen LogP contribution in [0.3, 0.4) is 0 Å². The Kier molecular flexibility index (Phi) is 8.93. The normalized spacial score (nSPS) is 12.8. The highest BCUT2D eigenvalue weighted by Gasteiger charge is 2.36. The molecule has 0 amide bonds. The van der Waals surface area contributed by atoms with Crippen molar-refractivity contribution in [1.29, 1.82) is 0 Å². The second-order valence-corrected chi connectivity index (χ2v) is 19.3. The molecular weight excluding hydrogens is 849 g/mol. The average molecular weight is 895 g/mol. The zero-order valence-corrected chi connectivity index (χ0v) is 38.9. The summed E-state index contributed by atoms with van der Waals surface area (Å²) in [7, 11) is 0. The number of hydrogen-bond acceptors (Lipinski definition) is 2. The van der Waals surface area contributed by atoms with Crippen LogP contribution in [0, 0.1) is 0 Å². The Morgan fingerprint density at radius 1 is 0.371 bits per heavy atom. The zero-order valence-electron chi connectivity index (χ0n) is 38.9. The second-order valence-electron chi connectivity index (χ2n) is 19.3. The maximum absolute atomic E-state index is 7.25. The van der Waals surface area contributed by atoms with E-state index >= 15 is 0 Å². The van der Waals surface area contributed by atoms with E-state index in [0.29, 0.717) is 0 Å². The van der Waals surface area contributed by atoms with E-state index in [-0.39, 0.29) is 5.41 Å². The summed E-state index contributed by atoms with van der Waals surface area (Å²) in [5.74, 6) is 0. The largest absolute Gasteiger partial charge is 0.453 e. The molecule has 3 nitrogen and oxygen atoms in total. The Bertz CT molecular complexity index is 4180. The van der Waals surface area contributed by atoms with E-state index in [0.717, 1.165) is 55.7 Å². The van der Waals surface area contributed by atoms with Gasteiger partial charge in [0.1, 0.15) is 5.58 Å². The minimum atomic E-state index is -0.161. The highest BCUT2D eigenvalue weighted by atomic mass is 16.3. The van der Waals surface area contributed by atoms with Crippen LogP contribution in [0.4, 0.5) is 17.1 Å². The van der Waals surface area contributed by atoms with Crippen molar-refractivity contribution >= 4 is 71.6 Å². The Labute approximate surface area is 406 Å². The molecule has 1 aliphatic rings. The molecule has 3 heteroatoms. The van der Waals surface area contributed by atoms with Gasteiger partial charge in [0, 0.05) is 49.6 Å². The molecule has 0 bridgehead atoms. The van der Waals surface area contributed by atoms with Crippen LogP contribution in [0.25, 0.3) is 105 Å². The second kappa shape index (κ2) is 15.6. The van der Waals surface area contributed by atoms with Crippen LogP contribution in [-0.4, -0.2) is 4.57 Å². The number of hydrogen-bond donors (Lipinski definition) is 0. The average Bonchev–Trinajstić information content (AvgIpc) is 4.05. The molecular formula is C67H46N2O. The van der Waals surface area contributed by atoms with E-state index in [4.69, 9.17) is 4.42 Å². The maximum atomic E-state index is 7.25. The fraction of sp³-hybridized carbons (Fsp3) is 0.0448. The number of nitrogens with zero attached hydrogens (tertiary/aromatic N) is 2. The smallest absolute Gasteiger partial charge is 0.159 e. The summed E-state index contributed by atoms with van der Waals surface area (Å²) in [5.41, 5.74) is 20.5. The molecule has 0 radical (unpaired) electrons. The molecule has 0 aliphatic heterocycles. The lowest BCUT2D eigenvalue weighted by molar-refractivity contribution is 0.660. The van der Waals surface area contributed by atoms with Crippen LogP contribution >= 0.6 is 0 Å². The van der Waals surface area contributed by atoms with E-state index in [1.165, 1.54) is 77.2 Å². The third kappa shape index (κ3) is 6.15. The van der Waals surface area contributed by atoms with E-state index in [2.05, 4.69) is 266 Å². The van der Waals surface area contributed by atoms with Crippen molar-refractivity contribution < 1.29 is 4.42 Å². The molecule has 11 aromatic carbocycles. The SMILES string of the molecule is CC1(C)c2ccccc2-c2ccc(N(c3ccc(-c4ccc(-c5ccc6c(c5)c5ccccc5n6-c5ccccc5)cc4)cc3)c3cccc4c3oc3c(-c5ccccc5)cc5ccccc5c34)cc21. The van der Waals surface area contributed by atoms with Gasteiger partial charge in [0.05, 0.1) is 16.7 Å². The van der Waals surface area contributed by atoms with Gasteiger partial charge in [0.25, 0.3) is 0 Å². The van der Waals surface area contributed by atoms with E-state index in [9.17, 15) is 0 Å². The number of anilines is 3. The van der Waals surface area contributed by atoms with E-state index < -0.39 is 0 Å². The summed E-state index contributed by atoms with van der Waals surface area (Å²) >= 11 is 0. The molecule has 2 heterocycles. The van der Waals surface area contributed by atoms with Gasteiger partial charge < -0.3 is 13.9 Å². The van der Waals surface area contributed by atoms with Crippen molar-refractivity contribution in [3.63, 3.8) is 0 Å². The molecule has 0 unspecified atom stereocenters. The van der Waals surface area contributed by atoms with Gasteiger partial charge in [-0.1, -0.05) is 190 Å². The Balaban J connectivity index is 0.884. The van der Waals surface area contributed by atoms with Gasteiger partial charge in [0.2, 0.25) is 0 Å². The fourth-order valence-corrected chi connectivity index (χ4v) is 11.6. The number of fused-ring (bicyclic) bond motifs is 11. The molecule has 14 rings (SSSR count). The molecule has 0 saturated heterocycles. The first-order valence-corrected chi connectivity index (χ1v) is 24.2. The summed E-state index contributed by atoms with van der Waals surface area (Å²) in [6, 6.07) is 88.4. The molecule has 2 aromatic heterocycles. The zero-order chi connectivity index (χ0) is 46.5. The number of furan rings is 1. The highest BCUT2D eigenvalue weighted by molar-refractivity contribution is 6.24. The summed E-state index contributed by atoms with van der Waals surface area (Å²) in [6.07, 6.45) is 0. The van der Waals surface area contributed by atoms with Crippen molar-refractivity contribution in [3.05, 3.63) is 254 Å². The predicted octanol–water partition coefficient (Wildman–Crippen LogP) is 18.6. The lowest BCUT2D eigenvalue weighted by Gasteiger charge is -2.28. The molecule has 70 heavy (non-hydrogen) atoms. The van der Waals surface area contributed by atoms with Crippen LogP contribution < -0.4 is 4.90 Å². The molecule has 330 valence electrons. The molecule has 0 spiro atoms. The van der Waals surface area contributed by atoms with Gasteiger partial charge in [-0.3, -0.25) is 0 Å². The Morgan fingerprint density at radius 3 is 1.77 bits per heavy atom. The third-order valence-corrected chi connectivity index (χ3v) is 15.0. The van der Waals surface area contributed by atoms with Gasteiger partial charge in [-0.2, -0.15) is 0 Å². The maximum Gasteiger partial charge on any atom is 0.159 e. The molecule has 13 aromatic rings. The third-order valence-electron chi connectivity index (χ3n) is 15.0. The van der Waals surface area contributed by atoms with Crippen molar-refractivity contribution in [2.24, 2.45) is 0 Å². The minimum absolute atomic E-state index is 0.161. The standard InChI is InChI=1S/C67H46N2O/c1-67(2)59-25-13-11-22-53(59)54-38-37-51(42-60(54)67)68(63-27-15-24-56-64-52-21-10-9-18-48(52)41-57(66(64)70-65(56)63)46-16-5-3-6-17-46)50-35-32-44(33-36-50)43-28-30-45(31-29-43)47-34-39-62-58(40-47)55-23-12-14-26-61(55)69(62)49-19-7-4-8-20-49/h3-42H,1-2H3. The van der Waals surface area contributed by atoms with Crippen molar-refractivity contribution in [1.82, 2.24) is 4.57 Å². The number of aromatic nitrogens is 1. The highest BCUT2D eigenvalue weighted by Crippen LogP contribution is 2.52. The van der Waals surface area contributed by atoms with Crippen LogP contribution in [-0.2, 0) is 5.41 Å². The summed E-state index contributed by atoms with van der Waals surface area (Å²) < 4.78 is 9.62. The molecule has 0 saturated carbocycles. The summed E-state index contributed by atoms with van der Waals surface area (Å²) in [4.78, 5) is 2.40. The van der Waals surface area contributed by atoms with Gasteiger partial charge >= 0.3 is 0 Å². The minimum Gasteiger partial charge on any atom is -0.453 e. The van der Waals surface area contributed by atoms with Crippen molar-refractivity contribution in [3.8, 4) is 50.2 Å². The lowest BCUT2D eigenvalue weighted by Crippen LogP contribution is -2.16. The predicted molar refractivity (Wildman–Crippen MR) is 294 cm³/mol. The Morgan fingerprint density at radius 2 is 0.971 bits per heavy atom. The van der Waals surface area contributed by atoms with Gasteiger partial charge in [-0.15, -0.1) is 0 Å². The van der Waals surface area contributed by atoms with Gasteiger partial charge in [0.15, 0.2) is 5.58 Å². The first-order chi connectivity index (χ1) is 34.5. The van der Waals surface area contributed by atoms with Gasteiger partial charge in [-0.05, 0) is 128 Å². The van der Waals surface area contributed by atoms with Crippen LogP contribution in [0.2, 0.25) is 0 Å². The number of para-hydroxylation sites is 3. The van der Waals surface area contributed by atoms with E-state index in [1.807, 2.05) is 0 Å². The van der Waals surface area contributed by atoms with Gasteiger partial charge in [-0.25, -0.2) is 0 Å². The van der Waals surface area contributed by atoms with Crippen LogP contribution in [0.15, 0.2) is 247 Å². The fourth-order valence-electron chi connectivity index (χ4n) is 11.6. The molecule has 0 fully saturated rings.